The number of cyclic esters (lactones) is 1. The third-order valence-corrected chi connectivity index (χ3v) is 2.82. The lowest BCUT2D eigenvalue weighted by atomic mass is 9.88. The second kappa shape index (κ2) is 5.52. The summed E-state index contributed by atoms with van der Waals surface area (Å²) in [5, 5.41) is 0. The Morgan fingerprint density at radius 3 is 2.65 bits per heavy atom. The number of carbonyl (C=O) groups excluding carboxylic acids is 2. The van der Waals surface area contributed by atoms with E-state index < -0.39 is 5.60 Å². The molecule has 2 atom stereocenters. The smallest absolute Gasteiger partial charge is 0.309 e. The summed E-state index contributed by atoms with van der Waals surface area (Å²) in [4.78, 5) is 23.2. The Morgan fingerprint density at radius 1 is 1.47 bits per heavy atom. The van der Waals surface area contributed by atoms with Gasteiger partial charge in [0.15, 0.2) is 0 Å². The molecular formula is C13H22O4. The lowest BCUT2D eigenvalue weighted by Gasteiger charge is -2.28. The predicted octanol–water partition coefficient (Wildman–Crippen LogP) is 2.31. The van der Waals surface area contributed by atoms with Gasteiger partial charge in [-0.25, -0.2) is 0 Å². The molecule has 0 radical (unpaired) electrons. The molecule has 0 saturated carbocycles. The topological polar surface area (TPSA) is 52.6 Å². The average Bonchev–Trinajstić information content (AvgIpc) is 2.18. The molecule has 4 heteroatoms. The van der Waals surface area contributed by atoms with Crippen LogP contribution in [-0.2, 0) is 19.1 Å². The molecule has 0 N–H and O–H groups in total. The first kappa shape index (κ1) is 14.0. The molecule has 0 bridgehead atoms. The zero-order valence-electron chi connectivity index (χ0n) is 11.1. The Labute approximate surface area is 103 Å². The van der Waals surface area contributed by atoms with Crippen molar-refractivity contribution in [3.8, 4) is 0 Å². The first-order valence-electron chi connectivity index (χ1n) is 6.20. The third-order valence-electron chi connectivity index (χ3n) is 2.82. The summed E-state index contributed by atoms with van der Waals surface area (Å²) < 4.78 is 10.3. The molecule has 1 saturated heterocycles. The minimum absolute atomic E-state index is 0.132. The highest BCUT2D eigenvalue weighted by Gasteiger charge is 2.32. The predicted molar refractivity (Wildman–Crippen MR) is 63.3 cm³/mol. The molecule has 0 spiro atoms. The fraction of sp³-hybridized carbons (Fsp3) is 0.846. The van der Waals surface area contributed by atoms with E-state index in [0.29, 0.717) is 12.5 Å². The van der Waals surface area contributed by atoms with Crippen molar-refractivity contribution in [3.05, 3.63) is 0 Å². The second-order valence-electron chi connectivity index (χ2n) is 5.63. The summed E-state index contributed by atoms with van der Waals surface area (Å²) in [6, 6.07) is 0. The molecule has 0 amide bonds. The number of hydrogen-bond acceptors (Lipinski definition) is 4. The minimum atomic E-state index is -0.500. The van der Waals surface area contributed by atoms with Crippen LogP contribution in [0.25, 0.3) is 0 Å². The van der Waals surface area contributed by atoms with Crippen molar-refractivity contribution >= 4 is 11.9 Å². The average molecular weight is 242 g/mol. The van der Waals surface area contributed by atoms with E-state index in [4.69, 9.17) is 9.47 Å². The maximum Gasteiger partial charge on any atom is 0.309 e. The highest BCUT2D eigenvalue weighted by atomic mass is 16.6. The first-order chi connectivity index (χ1) is 7.81. The van der Waals surface area contributed by atoms with Crippen LogP contribution in [0.4, 0.5) is 0 Å². The monoisotopic (exact) mass is 242 g/mol. The van der Waals surface area contributed by atoms with E-state index in [9.17, 15) is 9.59 Å². The van der Waals surface area contributed by atoms with Gasteiger partial charge in [0, 0.05) is 0 Å². The van der Waals surface area contributed by atoms with Gasteiger partial charge in [-0.2, -0.15) is 0 Å². The van der Waals surface area contributed by atoms with E-state index >= 15 is 0 Å². The van der Waals surface area contributed by atoms with Crippen LogP contribution >= 0.6 is 0 Å². The maximum atomic E-state index is 11.6. The van der Waals surface area contributed by atoms with E-state index in [2.05, 4.69) is 6.92 Å². The Hall–Kier alpha value is -1.06. The van der Waals surface area contributed by atoms with Gasteiger partial charge in [0.2, 0.25) is 0 Å². The first-order valence-corrected chi connectivity index (χ1v) is 6.20. The summed E-state index contributed by atoms with van der Waals surface area (Å²) in [6.07, 6.45) is 1.83. The number of carbonyl (C=O) groups is 2. The zero-order chi connectivity index (χ0) is 13.1. The van der Waals surface area contributed by atoms with Gasteiger partial charge in [-0.1, -0.05) is 13.3 Å². The molecule has 1 aliphatic heterocycles. The molecule has 0 aromatic carbocycles. The van der Waals surface area contributed by atoms with Crippen molar-refractivity contribution in [2.75, 3.05) is 6.61 Å². The Morgan fingerprint density at radius 2 is 2.12 bits per heavy atom. The van der Waals surface area contributed by atoms with Crippen LogP contribution in [-0.4, -0.2) is 24.1 Å². The molecule has 1 aliphatic rings. The molecule has 2 unspecified atom stereocenters. The fourth-order valence-corrected chi connectivity index (χ4v) is 1.92. The number of hydrogen-bond donors (Lipinski definition) is 0. The molecule has 98 valence electrons. The molecule has 1 heterocycles. The third kappa shape index (κ3) is 4.75. The summed E-state index contributed by atoms with van der Waals surface area (Å²) >= 11 is 0. The highest BCUT2D eigenvalue weighted by molar-refractivity contribution is 5.80. The maximum absolute atomic E-state index is 11.6. The van der Waals surface area contributed by atoms with Gasteiger partial charge in [0.1, 0.15) is 5.60 Å². The molecule has 17 heavy (non-hydrogen) atoms. The van der Waals surface area contributed by atoms with Crippen molar-refractivity contribution in [1.29, 1.82) is 0 Å². The van der Waals surface area contributed by atoms with E-state index in [1.54, 1.807) is 0 Å². The van der Waals surface area contributed by atoms with Crippen LogP contribution in [0.2, 0.25) is 0 Å². The molecule has 1 rings (SSSR count). The normalized spacial score (nSPS) is 25.3. The van der Waals surface area contributed by atoms with Gasteiger partial charge in [0.05, 0.1) is 18.9 Å². The summed E-state index contributed by atoms with van der Waals surface area (Å²) in [6.45, 7) is 8.01. The van der Waals surface area contributed by atoms with Crippen LogP contribution < -0.4 is 0 Å². The van der Waals surface area contributed by atoms with Crippen molar-refractivity contribution < 1.29 is 19.1 Å². The van der Waals surface area contributed by atoms with Gasteiger partial charge in [0.25, 0.3) is 0 Å². The lowest BCUT2D eigenvalue weighted by molar-refractivity contribution is -0.166. The number of rotatable bonds is 3. The molecule has 4 nitrogen and oxygen atoms in total. The fourth-order valence-electron chi connectivity index (χ4n) is 1.92. The summed E-state index contributed by atoms with van der Waals surface area (Å²) in [5.74, 6) is -0.541. The molecular weight excluding hydrogens is 220 g/mol. The van der Waals surface area contributed by atoms with Gasteiger partial charge >= 0.3 is 11.9 Å². The number of esters is 2. The molecule has 0 aliphatic carbocycles. The summed E-state index contributed by atoms with van der Waals surface area (Å²) in [7, 11) is 0. The van der Waals surface area contributed by atoms with Crippen LogP contribution in [0.5, 0.6) is 0 Å². The Bertz CT molecular complexity index is 290. The van der Waals surface area contributed by atoms with Gasteiger partial charge in [-0.3, -0.25) is 9.59 Å². The van der Waals surface area contributed by atoms with E-state index in [1.165, 1.54) is 0 Å². The molecule has 0 aromatic heterocycles. The van der Waals surface area contributed by atoms with Crippen molar-refractivity contribution in [1.82, 2.24) is 0 Å². The zero-order valence-corrected chi connectivity index (χ0v) is 11.1. The van der Waals surface area contributed by atoms with Crippen LogP contribution in [0, 0.1) is 11.8 Å². The minimum Gasteiger partial charge on any atom is -0.465 e. The largest absolute Gasteiger partial charge is 0.465 e. The van der Waals surface area contributed by atoms with Crippen molar-refractivity contribution in [3.63, 3.8) is 0 Å². The lowest BCUT2D eigenvalue weighted by Crippen LogP contribution is -2.33. The Kier molecular flexibility index (Phi) is 4.54. The van der Waals surface area contributed by atoms with Crippen molar-refractivity contribution in [2.24, 2.45) is 11.8 Å². The van der Waals surface area contributed by atoms with E-state index in [0.717, 1.165) is 12.8 Å². The second-order valence-corrected chi connectivity index (χ2v) is 5.63. The van der Waals surface area contributed by atoms with E-state index in [1.807, 2.05) is 20.8 Å². The number of ether oxygens (including phenoxy) is 2. The SMILES string of the molecule is CCC1COC(=O)C(CC(=O)OC(C)(C)C)C1. The summed E-state index contributed by atoms with van der Waals surface area (Å²) in [5.41, 5.74) is -0.500. The highest BCUT2D eigenvalue weighted by Crippen LogP contribution is 2.26. The van der Waals surface area contributed by atoms with Crippen LogP contribution in [0.1, 0.15) is 47.0 Å². The van der Waals surface area contributed by atoms with Crippen molar-refractivity contribution in [2.45, 2.75) is 52.6 Å². The van der Waals surface area contributed by atoms with Gasteiger partial charge in [-0.05, 0) is 33.1 Å². The standard InChI is InChI=1S/C13H22O4/c1-5-9-6-10(12(15)16-8-9)7-11(14)17-13(2,3)4/h9-10H,5-8H2,1-4H3. The molecule has 1 fully saturated rings. The van der Waals surface area contributed by atoms with Gasteiger partial charge < -0.3 is 9.47 Å². The Balaban J connectivity index is 2.49. The quantitative estimate of drug-likeness (QED) is 0.713. The van der Waals surface area contributed by atoms with Crippen LogP contribution in [0.3, 0.4) is 0 Å². The molecule has 0 aromatic rings. The van der Waals surface area contributed by atoms with E-state index in [-0.39, 0.29) is 24.3 Å². The van der Waals surface area contributed by atoms with Gasteiger partial charge in [-0.15, -0.1) is 0 Å². The van der Waals surface area contributed by atoms with Crippen LogP contribution in [0.15, 0.2) is 0 Å².